The molecule has 3 aromatic rings. The fraction of sp³-hybridized carbons (Fsp3) is 0.333. The summed E-state index contributed by atoms with van der Waals surface area (Å²) in [6.45, 7) is 3.06. The molecule has 110 valence electrons. The Morgan fingerprint density at radius 2 is 2.29 bits per heavy atom. The number of thiophene rings is 1. The molecule has 3 rings (SSSR count). The largest absolute Gasteiger partial charge is 0.305 e. The van der Waals surface area contributed by atoms with Crippen LogP contribution >= 0.6 is 22.9 Å². The molecule has 0 saturated carbocycles. The zero-order valence-corrected chi connectivity index (χ0v) is 13.6. The number of halogens is 1. The molecular weight excluding hydrogens is 304 g/mol. The molecule has 3 heterocycles. The Morgan fingerprint density at radius 1 is 1.43 bits per heavy atom. The number of aromatic nitrogens is 3. The number of hydrogen-bond donors (Lipinski definition) is 1. The third-order valence-corrected chi connectivity index (χ3v) is 4.61. The molecular formula is C15H17ClN4S. The van der Waals surface area contributed by atoms with Crippen molar-refractivity contribution in [1.29, 1.82) is 0 Å². The average Bonchev–Trinajstić information content (AvgIpc) is 3.07. The Hall–Kier alpha value is -1.43. The number of aryl methyl sites for hydroxylation is 1. The number of fused-ring (bicyclic) bond motifs is 1. The molecule has 0 radical (unpaired) electrons. The number of nitrogens with zero attached hydrogens (tertiary/aromatic N) is 3. The van der Waals surface area contributed by atoms with E-state index in [1.54, 1.807) is 17.5 Å². The standard InChI is InChI=1S/C15H17ClN4S/c1-3-5-17-14(15-11(16)9-19-20(15)2)10-7-13-12(18-8-10)4-6-21-13/h4,6-9,14,17H,3,5H2,1-2H3. The molecule has 0 amide bonds. The van der Waals surface area contributed by atoms with Gasteiger partial charge in [0.2, 0.25) is 0 Å². The minimum atomic E-state index is 0.00366. The summed E-state index contributed by atoms with van der Waals surface area (Å²) in [5.41, 5.74) is 3.13. The monoisotopic (exact) mass is 320 g/mol. The third kappa shape index (κ3) is 2.81. The Labute approximate surface area is 132 Å². The second kappa shape index (κ2) is 6.13. The van der Waals surface area contributed by atoms with Gasteiger partial charge in [-0.15, -0.1) is 11.3 Å². The molecule has 0 spiro atoms. The van der Waals surface area contributed by atoms with Gasteiger partial charge >= 0.3 is 0 Å². The molecule has 1 unspecified atom stereocenters. The molecule has 6 heteroatoms. The molecule has 0 fully saturated rings. The molecule has 0 saturated heterocycles. The van der Waals surface area contributed by atoms with E-state index in [9.17, 15) is 0 Å². The number of nitrogens with one attached hydrogen (secondary N) is 1. The highest BCUT2D eigenvalue weighted by Crippen LogP contribution is 2.30. The van der Waals surface area contributed by atoms with E-state index in [2.05, 4.69) is 33.8 Å². The second-order valence-electron chi connectivity index (χ2n) is 4.96. The first kappa shape index (κ1) is 14.5. The van der Waals surface area contributed by atoms with Gasteiger partial charge in [0.25, 0.3) is 0 Å². The van der Waals surface area contributed by atoms with Crippen molar-refractivity contribution in [2.24, 2.45) is 7.05 Å². The Balaban J connectivity index is 2.05. The Morgan fingerprint density at radius 3 is 3.00 bits per heavy atom. The maximum Gasteiger partial charge on any atom is 0.0837 e. The molecule has 0 aromatic carbocycles. The van der Waals surface area contributed by atoms with Crippen LogP contribution in [0.3, 0.4) is 0 Å². The summed E-state index contributed by atoms with van der Waals surface area (Å²) in [4.78, 5) is 4.54. The molecule has 4 nitrogen and oxygen atoms in total. The fourth-order valence-corrected chi connectivity index (χ4v) is 3.49. The topological polar surface area (TPSA) is 42.7 Å². The molecule has 1 atom stereocenters. The van der Waals surface area contributed by atoms with E-state index in [-0.39, 0.29) is 6.04 Å². The molecule has 0 aliphatic heterocycles. The maximum atomic E-state index is 6.32. The minimum Gasteiger partial charge on any atom is -0.305 e. The second-order valence-corrected chi connectivity index (χ2v) is 6.32. The van der Waals surface area contributed by atoms with Crippen molar-refractivity contribution < 1.29 is 0 Å². The van der Waals surface area contributed by atoms with Crippen LogP contribution in [0.4, 0.5) is 0 Å². The smallest absolute Gasteiger partial charge is 0.0837 e. The van der Waals surface area contributed by atoms with Gasteiger partial charge in [0.15, 0.2) is 0 Å². The summed E-state index contributed by atoms with van der Waals surface area (Å²) in [7, 11) is 1.92. The quantitative estimate of drug-likeness (QED) is 0.778. The zero-order valence-electron chi connectivity index (χ0n) is 12.0. The summed E-state index contributed by atoms with van der Waals surface area (Å²) in [5.74, 6) is 0. The molecule has 1 N–H and O–H groups in total. The van der Waals surface area contributed by atoms with Gasteiger partial charge in [-0.05, 0) is 36.0 Å². The highest BCUT2D eigenvalue weighted by molar-refractivity contribution is 7.17. The van der Waals surface area contributed by atoms with E-state index in [1.165, 1.54) is 4.70 Å². The normalized spacial score (nSPS) is 12.9. The first-order valence-corrected chi connectivity index (χ1v) is 8.20. The van der Waals surface area contributed by atoms with Crippen molar-refractivity contribution in [3.63, 3.8) is 0 Å². The predicted molar refractivity (Wildman–Crippen MR) is 88.0 cm³/mol. The third-order valence-electron chi connectivity index (χ3n) is 3.47. The summed E-state index contributed by atoms with van der Waals surface area (Å²) in [5, 5.41) is 10.5. The van der Waals surface area contributed by atoms with Crippen LogP contribution in [0.15, 0.2) is 29.9 Å². The van der Waals surface area contributed by atoms with Crippen molar-refractivity contribution in [3.05, 3.63) is 46.2 Å². The summed E-state index contributed by atoms with van der Waals surface area (Å²) in [6, 6.07) is 4.22. The van der Waals surface area contributed by atoms with Crippen LogP contribution in [0.5, 0.6) is 0 Å². The highest BCUT2D eigenvalue weighted by Gasteiger charge is 2.21. The Kier molecular flexibility index (Phi) is 4.24. The van der Waals surface area contributed by atoms with Gasteiger partial charge in [-0.2, -0.15) is 5.10 Å². The van der Waals surface area contributed by atoms with Crippen LogP contribution in [0.1, 0.15) is 30.6 Å². The van der Waals surface area contributed by atoms with Crippen molar-refractivity contribution in [3.8, 4) is 0 Å². The van der Waals surface area contributed by atoms with E-state index in [4.69, 9.17) is 11.6 Å². The van der Waals surface area contributed by atoms with Crippen molar-refractivity contribution in [2.45, 2.75) is 19.4 Å². The van der Waals surface area contributed by atoms with E-state index < -0.39 is 0 Å². The Bertz CT molecular complexity index is 730. The zero-order chi connectivity index (χ0) is 14.8. The van der Waals surface area contributed by atoms with Crippen LogP contribution in [0.25, 0.3) is 10.2 Å². The van der Waals surface area contributed by atoms with E-state index >= 15 is 0 Å². The van der Waals surface area contributed by atoms with Crippen LogP contribution in [-0.2, 0) is 7.05 Å². The van der Waals surface area contributed by atoms with Crippen molar-refractivity contribution in [1.82, 2.24) is 20.1 Å². The van der Waals surface area contributed by atoms with Crippen molar-refractivity contribution >= 4 is 33.2 Å². The van der Waals surface area contributed by atoms with E-state index in [1.807, 2.05) is 24.0 Å². The van der Waals surface area contributed by atoms with Crippen LogP contribution in [0.2, 0.25) is 5.02 Å². The van der Waals surface area contributed by atoms with Gasteiger partial charge in [0, 0.05) is 13.2 Å². The lowest BCUT2D eigenvalue weighted by molar-refractivity contribution is 0.553. The van der Waals surface area contributed by atoms with Gasteiger partial charge in [-0.1, -0.05) is 18.5 Å². The number of hydrogen-bond acceptors (Lipinski definition) is 4. The lowest BCUT2D eigenvalue weighted by Gasteiger charge is -2.19. The molecule has 21 heavy (non-hydrogen) atoms. The maximum absolute atomic E-state index is 6.32. The summed E-state index contributed by atoms with van der Waals surface area (Å²) < 4.78 is 3.02. The first-order chi connectivity index (χ1) is 10.2. The van der Waals surface area contributed by atoms with E-state index in [0.29, 0.717) is 5.02 Å². The number of pyridine rings is 1. The van der Waals surface area contributed by atoms with Gasteiger partial charge in [-0.25, -0.2) is 0 Å². The van der Waals surface area contributed by atoms with Gasteiger partial charge in [0.05, 0.1) is 33.2 Å². The lowest BCUT2D eigenvalue weighted by Crippen LogP contribution is -2.25. The van der Waals surface area contributed by atoms with Crippen LogP contribution in [0, 0.1) is 0 Å². The van der Waals surface area contributed by atoms with Gasteiger partial charge in [-0.3, -0.25) is 9.67 Å². The van der Waals surface area contributed by atoms with Gasteiger partial charge in [0.1, 0.15) is 0 Å². The lowest BCUT2D eigenvalue weighted by atomic mass is 10.1. The van der Waals surface area contributed by atoms with Crippen LogP contribution in [-0.4, -0.2) is 21.3 Å². The molecule has 0 bridgehead atoms. The SMILES string of the molecule is CCCNC(c1cnc2ccsc2c1)c1c(Cl)cnn1C. The fourth-order valence-electron chi connectivity index (χ4n) is 2.43. The van der Waals surface area contributed by atoms with Gasteiger partial charge < -0.3 is 5.32 Å². The average molecular weight is 321 g/mol. The van der Waals surface area contributed by atoms with Crippen LogP contribution < -0.4 is 5.32 Å². The molecule has 3 aromatic heterocycles. The first-order valence-electron chi connectivity index (χ1n) is 6.94. The number of rotatable bonds is 5. The highest BCUT2D eigenvalue weighted by atomic mass is 35.5. The van der Waals surface area contributed by atoms with E-state index in [0.717, 1.165) is 29.7 Å². The summed E-state index contributed by atoms with van der Waals surface area (Å²) >= 11 is 8.03. The molecule has 0 aliphatic rings. The predicted octanol–water partition coefficient (Wildman–Crippen LogP) is 3.77. The van der Waals surface area contributed by atoms with Crippen molar-refractivity contribution in [2.75, 3.05) is 6.54 Å². The minimum absolute atomic E-state index is 0.00366. The summed E-state index contributed by atoms with van der Waals surface area (Å²) in [6.07, 6.45) is 4.67. The molecule has 0 aliphatic carbocycles.